The number of hydrogen-bond donors (Lipinski definition) is 1. The lowest BCUT2D eigenvalue weighted by molar-refractivity contribution is -0.144. The molecule has 0 fully saturated rings. The smallest absolute Gasteiger partial charge is 0.328 e. The lowest BCUT2D eigenvalue weighted by atomic mass is 10.1. The van der Waals surface area contributed by atoms with Gasteiger partial charge in [0.1, 0.15) is 6.02 Å². The minimum Gasteiger partial charge on any atom is -0.467 e. The van der Waals surface area contributed by atoms with E-state index in [9.17, 15) is 9.59 Å². The van der Waals surface area contributed by atoms with Crippen molar-refractivity contribution >= 4 is 11.9 Å². The highest BCUT2D eigenvalue weighted by molar-refractivity contribution is 5.83. The Labute approximate surface area is 97.4 Å². The number of nitrogens with one attached hydrogen (secondary N) is 1. The maximum Gasteiger partial charge on any atom is 0.328 e. The van der Waals surface area contributed by atoms with E-state index in [1.807, 2.05) is 0 Å². The van der Waals surface area contributed by atoms with Crippen molar-refractivity contribution in [2.75, 3.05) is 7.11 Å². The lowest BCUT2D eigenvalue weighted by Gasteiger charge is -2.15. The van der Waals surface area contributed by atoms with Gasteiger partial charge in [0, 0.05) is 14.7 Å². The maximum atomic E-state index is 11.6. The molecule has 1 amide bonds. The number of benzene rings is 1. The number of rotatable bonds is 4. The van der Waals surface area contributed by atoms with Crippen LogP contribution in [0.15, 0.2) is 30.3 Å². The zero-order valence-corrected chi connectivity index (χ0v) is 9.19. The van der Waals surface area contributed by atoms with E-state index in [4.69, 9.17) is 2.74 Å². The molecular formula is C12H15NO3. The van der Waals surface area contributed by atoms with Gasteiger partial charge in [-0.15, -0.1) is 0 Å². The summed E-state index contributed by atoms with van der Waals surface area (Å²) >= 11 is 0. The van der Waals surface area contributed by atoms with Crippen LogP contribution in [-0.2, 0) is 20.7 Å². The van der Waals surface area contributed by atoms with Crippen LogP contribution in [0.2, 0.25) is 0 Å². The number of methoxy groups -OCH3 is 1. The van der Waals surface area contributed by atoms with E-state index in [1.54, 1.807) is 30.3 Å². The molecule has 0 aliphatic heterocycles. The first-order valence-electron chi connectivity index (χ1n) is 5.84. The first-order valence-corrected chi connectivity index (χ1v) is 4.76. The van der Waals surface area contributed by atoms with Crippen LogP contribution in [0.1, 0.15) is 15.2 Å². The predicted molar refractivity (Wildman–Crippen MR) is 59.8 cm³/mol. The van der Waals surface area contributed by atoms with Gasteiger partial charge in [-0.25, -0.2) is 4.79 Å². The van der Waals surface area contributed by atoms with Crippen LogP contribution in [0.4, 0.5) is 0 Å². The molecule has 0 heterocycles. The fourth-order valence-electron chi connectivity index (χ4n) is 1.16. The average molecular weight is 223 g/mol. The minimum atomic E-state index is -2.15. The van der Waals surface area contributed by atoms with E-state index < -0.39 is 24.3 Å². The van der Waals surface area contributed by atoms with Crippen molar-refractivity contribution in [2.24, 2.45) is 0 Å². The molecular weight excluding hydrogens is 206 g/mol. The number of carbonyl (C=O) groups is 2. The average Bonchev–Trinajstić information content (AvgIpc) is 2.36. The van der Waals surface area contributed by atoms with E-state index in [1.165, 1.54) is 6.92 Å². The molecule has 16 heavy (non-hydrogen) atoms. The third-order valence-electron chi connectivity index (χ3n) is 1.83. The number of amides is 1. The minimum absolute atomic E-state index is 0.451. The molecule has 0 radical (unpaired) electrons. The molecule has 86 valence electrons. The molecule has 0 aliphatic rings. The van der Waals surface area contributed by atoms with E-state index in [0.717, 1.165) is 7.11 Å². The molecule has 2 atom stereocenters. The lowest BCUT2D eigenvalue weighted by Crippen LogP contribution is -2.41. The monoisotopic (exact) mass is 223 g/mol. The third kappa shape index (κ3) is 3.73. The van der Waals surface area contributed by atoms with E-state index in [2.05, 4.69) is 10.1 Å². The Morgan fingerprint density at radius 3 is 2.62 bits per heavy atom. The molecule has 0 aliphatic carbocycles. The number of hydrogen-bond acceptors (Lipinski definition) is 3. The van der Waals surface area contributed by atoms with E-state index >= 15 is 0 Å². The highest BCUT2D eigenvalue weighted by Crippen LogP contribution is 2.04. The molecule has 0 aromatic heterocycles. The topological polar surface area (TPSA) is 55.4 Å². The summed E-state index contributed by atoms with van der Waals surface area (Å²) in [5.74, 6) is -1.54. The van der Waals surface area contributed by atoms with E-state index in [-0.39, 0.29) is 0 Å². The maximum absolute atomic E-state index is 11.6. The van der Waals surface area contributed by atoms with Crippen molar-refractivity contribution in [2.45, 2.75) is 19.3 Å². The van der Waals surface area contributed by atoms with Gasteiger partial charge in [0.25, 0.3) is 0 Å². The predicted octanol–water partition coefficient (Wildman–Crippen LogP) is 0.907. The zero-order chi connectivity index (χ0) is 13.8. The summed E-state index contributed by atoms with van der Waals surface area (Å²) in [6.07, 6.45) is -1.27. The van der Waals surface area contributed by atoms with Gasteiger partial charge >= 0.3 is 5.97 Å². The van der Waals surface area contributed by atoms with Crippen LogP contribution in [0.5, 0.6) is 0 Å². The van der Waals surface area contributed by atoms with Gasteiger partial charge in [0.2, 0.25) is 5.91 Å². The van der Waals surface area contributed by atoms with Gasteiger partial charge in [-0.1, -0.05) is 30.3 Å². The summed E-state index contributed by atoms with van der Waals surface area (Å²) < 4.78 is 20.5. The second kappa shape index (κ2) is 5.90. The Balaban J connectivity index is 3.11. The van der Waals surface area contributed by atoms with Gasteiger partial charge in [0.15, 0.2) is 0 Å². The fraction of sp³-hybridized carbons (Fsp3) is 0.333. The van der Waals surface area contributed by atoms with Crippen LogP contribution in [0.25, 0.3) is 0 Å². The van der Waals surface area contributed by atoms with Crippen LogP contribution >= 0.6 is 0 Å². The Morgan fingerprint density at radius 1 is 1.50 bits per heavy atom. The summed E-state index contributed by atoms with van der Waals surface area (Å²) in [4.78, 5) is 22.7. The van der Waals surface area contributed by atoms with E-state index in [0.29, 0.717) is 5.56 Å². The number of carbonyl (C=O) groups excluding carboxylic acids is 2. The Hall–Kier alpha value is -1.84. The summed E-state index contributed by atoms with van der Waals surface area (Å²) in [7, 11) is 1.12. The van der Waals surface area contributed by atoms with Gasteiger partial charge in [-0.2, -0.15) is 0 Å². The van der Waals surface area contributed by atoms with Crippen LogP contribution < -0.4 is 5.32 Å². The van der Waals surface area contributed by atoms with Gasteiger partial charge in [-0.05, 0) is 5.56 Å². The molecule has 4 heteroatoms. The first kappa shape index (κ1) is 9.39. The highest BCUT2D eigenvalue weighted by Gasteiger charge is 2.20. The van der Waals surface area contributed by atoms with Crippen molar-refractivity contribution in [3.8, 4) is 0 Å². The van der Waals surface area contributed by atoms with Crippen LogP contribution in [-0.4, -0.2) is 25.0 Å². The molecule has 0 bridgehead atoms. The molecule has 2 unspecified atom stereocenters. The third-order valence-corrected chi connectivity index (χ3v) is 1.83. The Bertz CT molecular complexity index is 438. The quantitative estimate of drug-likeness (QED) is 0.772. The van der Waals surface area contributed by atoms with Crippen molar-refractivity contribution in [1.29, 1.82) is 0 Å². The second-order valence-corrected chi connectivity index (χ2v) is 3.14. The van der Waals surface area contributed by atoms with Gasteiger partial charge in [0.05, 0.1) is 8.48 Å². The molecule has 1 N–H and O–H groups in total. The first-order chi connectivity index (χ1) is 8.41. The van der Waals surface area contributed by atoms with Crippen molar-refractivity contribution in [3.63, 3.8) is 0 Å². The van der Waals surface area contributed by atoms with Gasteiger partial charge < -0.3 is 10.1 Å². The summed E-state index contributed by atoms with van der Waals surface area (Å²) in [5, 5.41) is 2.17. The molecule has 0 saturated heterocycles. The molecule has 4 nitrogen and oxygen atoms in total. The standard InChI is InChI=1S/C12H15NO3/c1-9(14)13-11(12(15)16-2)8-10-6-4-3-5-7-10/h3-7,11H,8H2,1-2H3,(H,13,14)/i8D,11D. The Kier molecular flexibility index (Phi) is 3.46. The summed E-state index contributed by atoms with van der Waals surface area (Å²) in [6, 6.07) is 6.24. The summed E-state index contributed by atoms with van der Waals surface area (Å²) in [6.45, 7) is 1.18. The second-order valence-electron chi connectivity index (χ2n) is 3.14. The fourth-order valence-corrected chi connectivity index (χ4v) is 1.16. The van der Waals surface area contributed by atoms with Gasteiger partial charge in [-0.3, -0.25) is 4.79 Å². The Morgan fingerprint density at radius 2 is 2.12 bits per heavy atom. The van der Waals surface area contributed by atoms with Crippen molar-refractivity contribution in [3.05, 3.63) is 35.9 Å². The molecule has 0 saturated carbocycles. The molecule has 1 aromatic rings. The molecule has 0 spiro atoms. The summed E-state index contributed by atoms with van der Waals surface area (Å²) in [5.41, 5.74) is 0.451. The van der Waals surface area contributed by atoms with Crippen LogP contribution in [0, 0.1) is 0 Å². The highest BCUT2D eigenvalue weighted by atomic mass is 16.5. The van der Waals surface area contributed by atoms with Crippen LogP contribution in [0.3, 0.4) is 0 Å². The van der Waals surface area contributed by atoms with Crippen molar-refractivity contribution in [1.82, 2.24) is 5.32 Å². The molecule has 1 rings (SSSR count). The normalized spacial score (nSPS) is 17.4. The zero-order valence-electron chi connectivity index (χ0n) is 11.2. The number of esters is 1. The number of ether oxygens (including phenoxy) is 1. The molecule has 1 aromatic carbocycles. The SMILES string of the molecule is [2H]C(c1ccccc1)C([2H])(NC(C)=O)C(=O)OC. The largest absolute Gasteiger partial charge is 0.467 e. The van der Waals surface area contributed by atoms with Crippen molar-refractivity contribution < 1.29 is 17.1 Å².